The van der Waals surface area contributed by atoms with Crippen LogP contribution in [-0.4, -0.2) is 74.7 Å². The van der Waals surface area contributed by atoms with Crippen LogP contribution in [0.5, 0.6) is 11.5 Å². The minimum Gasteiger partial charge on any atom is -0.487 e. The van der Waals surface area contributed by atoms with Gasteiger partial charge in [0.05, 0.1) is 38.2 Å². The van der Waals surface area contributed by atoms with E-state index in [1.807, 2.05) is 0 Å². The van der Waals surface area contributed by atoms with E-state index < -0.39 is 22.0 Å². The summed E-state index contributed by atoms with van der Waals surface area (Å²) in [6.07, 6.45) is 0. The average molecular weight is 518 g/mol. The van der Waals surface area contributed by atoms with E-state index >= 15 is 0 Å². The summed E-state index contributed by atoms with van der Waals surface area (Å²) in [7, 11) is -0.131. The maximum absolute atomic E-state index is 13.1. The van der Waals surface area contributed by atoms with Crippen molar-refractivity contribution < 1.29 is 46.4 Å². The van der Waals surface area contributed by atoms with Crippen LogP contribution in [0, 0.1) is 0 Å². The fourth-order valence-corrected chi connectivity index (χ4v) is 5.07. The summed E-state index contributed by atoms with van der Waals surface area (Å²) in [5.74, 6) is -1.23. The van der Waals surface area contributed by atoms with Crippen molar-refractivity contribution in [3.8, 4) is 11.5 Å². The third-order valence-electron chi connectivity index (χ3n) is 4.20. The quantitative estimate of drug-likeness (QED) is 0.294. The molecular weight excluding hydrogens is 490 g/mol. The molecule has 2 rings (SSSR count). The van der Waals surface area contributed by atoms with E-state index in [0.29, 0.717) is 0 Å². The molecule has 1 N–H and O–H groups in total. The first-order valence-electron chi connectivity index (χ1n) is 10.1. The number of benzene rings is 1. The highest BCUT2D eigenvalue weighted by atomic mass is 32.2. The average Bonchev–Trinajstić information content (AvgIpc) is 3.31. The predicted octanol–water partition coefficient (Wildman–Crippen LogP) is 2.56. The number of hydrogen-bond donors (Lipinski definition) is 1. The second-order valence-corrected chi connectivity index (χ2v) is 9.03. The number of carbonyl (C=O) groups excluding carboxylic acids is 2. The van der Waals surface area contributed by atoms with Gasteiger partial charge in [0.15, 0.2) is 11.5 Å². The van der Waals surface area contributed by atoms with Crippen LogP contribution in [-0.2, 0) is 29.0 Å². The van der Waals surface area contributed by atoms with Gasteiger partial charge in [0.1, 0.15) is 23.0 Å². The molecule has 11 nitrogen and oxygen atoms in total. The van der Waals surface area contributed by atoms with Gasteiger partial charge in [-0.2, -0.15) is 0 Å². The van der Waals surface area contributed by atoms with Gasteiger partial charge in [-0.15, -0.1) is 11.3 Å². The van der Waals surface area contributed by atoms with Crippen molar-refractivity contribution in [1.82, 2.24) is 0 Å². The second-order valence-electron chi connectivity index (χ2n) is 6.46. The fraction of sp³-hybridized carbons (Fsp3) is 0.429. The molecule has 188 valence electrons. The number of methoxy groups -OCH3 is 3. The maximum Gasteiger partial charge on any atom is 0.349 e. The Morgan fingerprint density at radius 3 is 2.12 bits per heavy atom. The molecule has 0 saturated heterocycles. The Morgan fingerprint density at radius 2 is 1.56 bits per heavy atom. The molecule has 0 amide bonds. The van der Waals surface area contributed by atoms with Crippen LogP contribution < -0.4 is 14.2 Å². The lowest BCUT2D eigenvalue weighted by Crippen LogP contribution is -2.19. The van der Waals surface area contributed by atoms with E-state index in [1.165, 1.54) is 37.8 Å². The van der Waals surface area contributed by atoms with Crippen molar-refractivity contribution in [2.45, 2.75) is 11.8 Å². The van der Waals surface area contributed by atoms with Crippen LogP contribution in [0.2, 0.25) is 0 Å². The van der Waals surface area contributed by atoms with Gasteiger partial charge >= 0.3 is 11.9 Å². The van der Waals surface area contributed by atoms with Gasteiger partial charge in [-0.1, -0.05) is 0 Å². The van der Waals surface area contributed by atoms with E-state index in [2.05, 4.69) is 9.46 Å². The van der Waals surface area contributed by atoms with Crippen molar-refractivity contribution in [3.05, 3.63) is 34.0 Å². The van der Waals surface area contributed by atoms with E-state index in [-0.39, 0.29) is 65.6 Å². The predicted molar refractivity (Wildman–Crippen MR) is 124 cm³/mol. The minimum atomic E-state index is -4.29. The van der Waals surface area contributed by atoms with Gasteiger partial charge in [-0.25, -0.2) is 18.0 Å². The number of hydrogen-bond acceptors (Lipinski definition) is 11. The molecule has 0 aliphatic heterocycles. The standard InChI is InChI=1S/C21H27NO10S2/c1-5-30-20(23)14-12-16(31-9-7-27-2)17(32-10-8-28-3)13-15(14)22-34(25,26)18-6-11-33-19(18)21(24)29-4/h6,11-13,22H,5,7-10H2,1-4H3. The number of rotatable bonds is 14. The highest BCUT2D eigenvalue weighted by Crippen LogP contribution is 2.36. The molecule has 1 aromatic carbocycles. The molecule has 0 unspecified atom stereocenters. The number of sulfonamides is 1. The molecule has 0 spiro atoms. The summed E-state index contributed by atoms with van der Waals surface area (Å²) in [5.41, 5.74) is -0.223. The Morgan fingerprint density at radius 1 is 0.941 bits per heavy atom. The number of carbonyl (C=O) groups is 2. The highest BCUT2D eigenvalue weighted by Gasteiger charge is 2.28. The van der Waals surface area contributed by atoms with Crippen LogP contribution in [0.3, 0.4) is 0 Å². The number of anilines is 1. The number of nitrogens with one attached hydrogen (secondary N) is 1. The molecular formula is C21H27NO10S2. The zero-order chi connectivity index (χ0) is 25.1. The Labute approximate surface area is 201 Å². The monoisotopic (exact) mass is 517 g/mol. The summed E-state index contributed by atoms with van der Waals surface area (Å²) < 4.78 is 59.7. The normalized spacial score (nSPS) is 11.1. The van der Waals surface area contributed by atoms with Crippen molar-refractivity contribution in [2.24, 2.45) is 0 Å². The lowest BCUT2D eigenvalue weighted by molar-refractivity contribution is 0.0525. The molecule has 2 aromatic rings. The zero-order valence-corrected chi connectivity index (χ0v) is 20.9. The number of thiophene rings is 1. The van der Waals surface area contributed by atoms with Crippen LogP contribution in [0.1, 0.15) is 27.0 Å². The lowest BCUT2D eigenvalue weighted by Gasteiger charge is -2.18. The molecule has 0 aliphatic rings. The van der Waals surface area contributed by atoms with Crippen molar-refractivity contribution in [1.29, 1.82) is 0 Å². The highest BCUT2D eigenvalue weighted by molar-refractivity contribution is 7.93. The lowest BCUT2D eigenvalue weighted by atomic mass is 10.1. The van der Waals surface area contributed by atoms with E-state index in [9.17, 15) is 18.0 Å². The van der Waals surface area contributed by atoms with Crippen LogP contribution in [0.4, 0.5) is 5.69 Å². The van der Waals surface area contributed by atoms with Crippen LogP contribution in [0.25, 0.3) is 0 Å². The zero-order valence-electron chi connectivity index (χ0n) is 19.2. The Bertz CT molecular complexity index is 1080. The molecule has 0 saturated carbocycles. The van der Waals surface area contributed by atoms with Gasteiger partial charge in [-0.05, 0) is 18.4 Å². The van der Waals surface area contributed by atoms with Crippen molar-refractivity contribution in [2.75, 3.05) is 59.1 Å². The SMILES string of the molecule is CCOC(=O)c1cc(OCCOC)c(OCCOC)cc1NS(=O)(=O)c1ccsc1C(=O)OC. The molecule has 0 fully saturated rings. The first kappa shape index (κ1) is 27.4. The van der Waals surface area contributed by atoms with Crippen LogP contribution in [0.15, 0.2) is 28.5 Å². The second kappa shape index (κ2) is 13.1. The first-order chi connectivity index (χ1) is 16.3. The van der Waals surface area contributed by atoms with Crippen LogP contribution >= 0.6 is 11.3 Å². The summed E-state index contributed by atoms with van der Waals surface area (Å²) >= 11 is 0.913. The Balaban J connectivity index is 2.54. The first-order valence-corrected chi connectivity index (χ1v) is 12.4. The molecule has 34 heavy (non-hydrogen) atoms. The summed E-state index contributed by atoms with van der Waals surface area (Å²) in [6, 6.07) is 3.90. The molecule has 0 aliphatic carbocycles. The van der Waals surface area contributed by atoms with Gasteiger partial charge in [0.2, 0.25) is 0 Å². The van der Waals surface area contributed by atoms with Gasteiger partial charge in [0.25, 0.3) is 10.0 Å². The Kier molecular flexibility index (Phi) is 10.6. The smallest absolute Gasteiger partial charge is 0.349 e. The summed E-state index contributed by atoms with van der Waals surface area (Å²) in [4.78, 5) is 24.2. The molecule has 1 aromatic heterocycles. The van der Waals surface area contributed by atoms with Crippen molar-refractivity contribution >= 4 is 39.0 Å². The molecule has 0 atom stereocenters. The number of esters is 2. The third kappa shape index (κ3) is 7.06. The van der Waals surface area contributed by atoms with E-state index in [0.717, 1.165) is 18.4 Å². The van der Waals surface area contributed by atoms with Gasteiger partial charge in [0, 0.05) is 26.4 Å². The van der Waals surface area contributed by atoms with E-state index in [1.54, 1.807) is 6.92 Å². The molecule has 13 heteroatoms. The maximum atomic E-state index is 13.1. The Hall–Kier alpha value is -2.87. The summed E-state index contributed by atoms with van der Waals surface area (Å²) in [6.45, 7) is 2.51. The van der Waals surface area contributed by atoms with Gasteiger partial charge < -0.3 is 28.4 Å². The van der Waals surface area contributed by atoms with Gasteiger partial charge in [-0.3, -0.25) is 4.72 Å². The largest absolute Gasteiger partial charge is 0.487 e. The molecule has 0 radical (unpaired) electrons. The van der Waals surface area contributed by atoms with Crippen molar-refractivity contribution in [3.63, 3.8) is 0 Å². The van der Waals surface area contributed by atoms with E-state index in [4.69, 9.17) is 23.7 Å². The fourth-order valence-electron chi connectivity index (χ4n) is 2.67. The number of ether oxygens (including phenoxy) is 6. The minimum absolute atomic E-state index is 0.0635. The molecule has 1 heterocycles. The molecule has 0 bridgehead atoms. The third-order valence-corrected chi connectivity index (χ3v) is 6.63. The summed E-state index contributed by atoms with van der Waals surface area (Å²) in [5, 5.41) is 1.44. The topological polar surface area (TPSA) is 136 Å².